The molecule has 0 unspecified atom stereocenters. The lowest BCUT2D eigenvalue weighted by Gasteiger charge is -2.16. The number of halogens is 2. The molecule has 0 spiro atoms. The van der Waals surface area contributed by atoms with E-state index in [1.54, 1.807) is 13.0 Å². The zero-order valence-electron chi connectivity index (χ0n) is 13.9. The van der Waals surface area contributed by atoms with E-state index >= 15 is 0 Å². The first kappa shape index (κ1) is 18.2. The lowest BCUT2D eigenvalue weighted by atomic mass is 9.90. The number of nitrogens with zero attached hydrogens (tertiary/aromatic N) is 1. The molecule has 1 aliphatic carbocycles. The number of aryl methyl sites for hydroxylation is 1. The molecule has 4 nitrogen and oxygen atoms in total. The van der Waals surface area contributed by atoms with Crippen molar-refractivity contribution in [3.05, 3.63) is 49.1 Å². The Labute approximate surface area is 160 Å². The van der Waals surface area contributed by atoms with Crippen LogP contribution in [0.25, 0.3) is 0 Å². The second kappa shape index (κ2) is 7.36. The smallest absolute Gasteiger partial charge is 0.281 e. The number of benzene rings is 1. The molecule has 132 valence electrons. The summed E-state index contributed by atoms with van der Waals surface area (Å²) in [6.07, 6.45) is 3.22. The first-order valence-electron chi connectivity index (χ1n) is 7.99. The maximum Gasteiger partial charge on any atom is 0.281 e. The predicted octanol–water partition coefficient (Wildman–Crippen LogP) is 5.04. The topological polar surface area (TPSA) is 61.7 Å². The van der Waals surface area contributed by atoms with Gasteiger partial charge < -0.3 is 5.11 Å². The Hall–Kier alpha value is -1.56. The lowest BCUT2D eigenvalue weighted by Crippen LogP contribution is -2.18. The van der Waals surface area contributed by atoms with E-state index in [-0.39, 0.29) is 16.7 Å². The molecule has 0 fully saturated rings. The summed E-state index contributed by atoms with van der Waals surface area (Å²) in [7, 11) is 0. The molecule has 2 aromatic rings. The Morgan fingerprint density at radius 2 is 2.12 bits per heavy atom. The van der Waals surface area contributed by atoms with Crippen LogP contribution in [0.15, 0.2) is 23.3 Å². The number of rotatable bonds is 3. The third-order valence-electron chi connectivity index (χ3n) is 4.30. The fourth-order valence-electron chi connectivity index (χ4n) is 2.91. The van der Waals surface area contributed by atoms with Gasteiger partial charge in [0.15, 0.2) is 0 Å². The van der Waals surface area contributed by atoms with E-state index in [2.05, 4.69) is 17.5 Å². The van der Waals surface area contributed by atoms with E-state index in [0.29, 0.717) is 27.1 Å². The minimum atomic E-state index is -0.251. The van der Waals surface area contributed by atoms with Gasteiger partial charge >= 0.3 is 0 Å². The molecule has 1 atom stereocenters. The van der Waals surface area contributed by atoms with E-state index in [9.17, 15) is 9.90 Å². The Balaban J connectivity index is 1.77. The molecule has 1 aromatic heterocycles. The van der Waals surface area contributed by atoms with Crippen LogP contribution in [-0.2, 0) is 12.8 Å². The van der Waals surface area contributed by atoms with Crippen molar-refractivity contribution in [1.29, 1.82) is 0 Å². The molecule has 1 amide bonds. The molecule has 1 aliphatic rings. The van der Waals surface area contributed by atoms with Crippen LogP contribution < -0.4 is 5.43 Å². The number of carbonyl (C=O) groups is 1. The summed E-state index contributed by atoms with van der Waals surface area (Å²) in [5.41, 5.74) is 4.63. The lowest BCUT2D eigenvalue weighted by molar-refractivity contribution is 0.0959. The van der Waals surface area contributed by atoms with Crippen LogP contribution in [0.2, 0.25) is 10.0 Å². The van der Waals surface area contributed by atoms with Crippen LogP contribution in [0.4, 0.5) is 0 Å². The number of thiophene rings is 1. The van der Waals surface area contributed by atoms with E-state index in [4.69, 9.17) is 23.2 Å². The Morgan fingerprint density at radius 1 is 1.36 bits per heavy atom. The van der Waals surface area contributed by atoms with Gasteiger partial charge in [0.1, 0.15) is 5.75 Å². The summed E-state index contributed by atoms with van der Waals surface area (Å²) in [4.78, 5) is 14.3. The summed E-state index contributed by atoms with van der Waals surface area (Å²) in [6, 6.07) is 4.97. The van der Waals surface area contributed by atoms with Gasteiger partial charge in [0, 0.05) is 15.5 Å². The molecule has 0 saturated heterocycles. The van der Waals surface area contributed by atoms with E-state index in [1.807, 2.05) is 6.07 Å². The van der Waals surface area contributed by atoms with Crippen molar-refractivity contribution in [2.45, 2.75) is 33.1 Å². The summed E-state index contributed by atoms with van der Waals surface area (Å²) < 4.78 is 0. The van der Waals surface area contributed by atoms with Gasteiger partial charge in [-0.1, -0.05) is 30.1 Å². The van der Waals surface area contributed by atoms with Gasteiger partial charge in [0.25, 0.3) is 5.91 Å². The van der Waals surface area contributed by atoms with Crippen molar-refractivity contribution < 1.29 is 9.90 Å². The number of amides is 1. The largest absolute Gasteiger partial charge is 0.506 e. The van der Waals surface area contributed by atoms with Crippen molar-refractivity contribution in [1.82, 2.24) is 5.43 Å². The number of phenols is 1. The predicted molar refractivity (Wildman–Crippen MR) is 103 cm³/mol. The van der Waals surface area contributed by atoms with E-state index < -0.39 is 0 Å². The number of carbonyl (C=O) groups excluding carboxylic acids is 1. The summed E-state index contributed by atoms with van der Waals surface area (Å²) >= 11 is 13.4. The number of nitrogens with one attached hydrogen (secondary N) is 1. The summed E-state index contributed by atoms with van der Waals surface area (Å²) in [5, 5.41) is 14.6. The standard InChI is InChI=1S/C18H18Cl2N2O2S/c1-9-3-4-15-11(5-9)6-16(25-15)18(24)22-21-10(2)13-7-12(19)8-14(20)17(13)23/h6-9,23H,3-5H2,1-2H3,(H,22,24)/b21-10+/t9-/m1/s1. The van der Waals surface area contributed by atoms with Crippen LogP contribution >= 0.6 is 34.5 Å². The quantitative estimate of drug-likeness (QED) is 0.563. The van der Waals surface area contributed by atoms with Crippen LogP contribution in [0, 0.1) is 5.92 Å². The molecular formula is C18H18Cl2N2O2S. The highest BCUT2D eigenvalue weighted by Crippen LogP contribution is 2.33. The summed E-state index contributed by atoms with van der Waals surface area (Å²) in [5.74, 6) is 0.301. The molecule has 7 heteroatoms. The fraction of sp³-hybridized carbons (Fsp3) is 0.333. The number of fused-ring (bicyclic) bond motifs is 1. The highest BCUT2D eigenvalue weighted by atomic mass is 35.5. The molecule has 1 heterocycles. The average molecular weight is 397 g/mol. The highest BCUT2D eigenvalue weighted by molar-refractivity contribution is 7.14. The van der Waals surface area contributed by atoms with Gasteiger partial charge in [-0.3, -0.25) is 4.79 Å². The molecule has 0 saturated carbocycles. The van der Waals surface area contributed by atoms with Crippen molar-refractivity contribution >= 4 is 46.2 Å². The number of hydrogen-bond acceptors (Lipinski definition) is 4. The van der Waals surface area contributed by atoms with Gasteiger partial charge in [-0.05, 0) is 55.9 Å². The SMILES string of the molecule is C/C(=N\NC(=O)c1cc2c(s1)CC[C@@H](C)C2)c1cc(Cl)cc(Cl)c1O. The van der Waals surface area contributed by atoms with Gasteiger partial charge in [-0.25, -0.2) is 5.43 Å². The molecule has 0 bridgehead atoms. The van der Waals surface area contributed by atoms with Crippen LogP contribution in [0.3, 0.4) is 0 Å². The van der Waals surface area contributed by atoms with Crippen molar-refractivity contribution in [3.8, 4) is 5.75 Å². The molecule has 0 aliphatic heterocycles. The molecule has 0 radical (unpaired) electrons. The third kappa shape index (κ3) is 4.00. The monoisotopic (exact) mass is 396 g/mol. The zero-order valence-corrected chi connectivity index (χ0v) is 16.2. The maximum atomic E-state index is 12.4. The van der Waals surface area contributed by atoms with Gasteiger partial charge in [-0.15, -0.1) is 11.3 Å². The minimum Gasteiger partial charge on any atom is -0.506 e. The summed E-state index contributed by atoms with van der Waals surface area (Å²) in [6.45, 7) is 3.90. The molecule has 1 aromatic carbocycles. The first-order chi connectivity index (χ1) is 11.8. The number of phenolic OH excluding ortho intramolecular Hbond substituents is 1. The van der Waals surface area contributed by atoms with Gasteiger partial charge in [-0.2, -0.15) is 5.10 Å². The second-order valence-corrected chi connectivity index (χ2v) is 8.31. The second-order valence-electron chi connectivity index (χ2n) is 6.33. The average Bonchev–Trinajstić information content (AvgIpc) is 2.98. The number of hydrazone groups is 1. The highest BCUT2D eigenvalue weighted by Gasteiger charge is 2.20. The first-order valence-corrected chi connectivity index (χ1v) is 9.57. The van der Waals surface area contributed by atoms with Crippen molar-refractivity contribution in [2.24, 2.45) is 11.0 Å². The third-order valence-corrected chi connectivity index (χ3v) is 6.04. The van der Waals surface area contributed by atoms with Crippen molar-refractivity contribution in [2.75, 3.05) is 0 Å². The molecular weight excluding hydrogens is 379 g/mol. The van der Waals surface area contributed by atoms with Crippen LogP contribution in [0.5, 0.6) is 5.75 Å². The van der Waals surface area contributed by atoms with E-state index in [1.165, 1.54) is 34.3 Å². The van der Waals surface area contributed by atoms with Crippen LogP contribution in [-0.4, -0.2) is 16.7 Å². The molecule has 25 heavy (non-hydrogen) atoms. The number of hydrogen-bond donors (Lipinski definition) is 2. The van der Waals surface area contributed by atoms with E-state index in [0.717, 1.165) is 12.8 Å². The number of aromatic hydroxyl groups is 1. The maximum absolute atomic E-state index is 12.4. The van der Waals surface area contributed by atoms with Gasteiger partial charge in [0.05, 0.1) is 15.6 Å². The van der Waals surface area contributed by atoms with Crippen LogP contribution in [0.1, 0.15) is 45.9 Å². The fourth-order valence-corrected chi connectivity index (χ4v) is 4.50. The minimum absolute atomic E-state index is 0.109. The molecule has 3 rings (SSSR count). The molecule has 2 N–H and O–H groups in total. The van der Waals surface area contributed by atoms with Crippen molar-refractivity contribution in [3.63, 3.8) is 0 Å². The zero-order chi connectivity index (χ0) is 18.1. The Bertz CT molecular complexity index is 861. The normalized spacial score (nSPS) is 17.3. The Morgan fingerprint density at radius 3 is 2.88 bits per heavy atom. The van der Waals surface area contributed by atoms with Gasteiger partial charge in [0.2, 0.25) is 0 Å². The Kier molecular flexibility index (Phi) is 5.37.